The Morgan fingerprint density at radius 3 is 2.45 bits per heavy atom. The molecule has 0 unspecified atom stereocenters. The maximum absolute atomic E-state index is 13.6. The lowest BCUT2D eigenvalue weighted by Gasteiger charge is -2.00. The topological polar surface area (TPSA) is 12.9 Å². The van der Waals surface area contributed by atoms with E-state index in [0.29, 0.717) is 5.56 Å². The van der Waals surface area contributed by atoms with E-state index < -0.39 is 0 Å². The quantitative estimate of drug-likeness (QED) is 0.580. The molecular formula is C16H11BrFNS. The molecule has 20 heavy (non-hydrogen) atoms. The first kappa shape index (κ1) is 13.5. The van der Waals surface area contributed by atoms with E-state index in [2.05, 4.69) is 20.9 Å². The molecule has 3 rings (SSSR count). The van der Waals surface area contributed by atoms with E-state index in [4.69, 9.17) is 0 Å². The van der Waals surface area contributed by atoms with Gasteiger partial charge in [-0.05, 0) is 30.7 Å². The van der Waals surface area contributed by atoms with Crippen molar-refractivity contribution < 1.29 is 4.39 Å². The molecule has 0 aliphatic heterocycles. The Morgan fingerprint density at radius 1 is 1.05 bits per heavy atom. The number of nitrogens with zero attached hydrogens (tertiary/aromatic N) is 1. The zero-order chi connectivity index (χ0) is 14.1. The Kier molecular flexibility index (Phi) is 3.68. The van der Waals surface area contributed by atoms with Crippen LogP contribution in [0.1, 0.15) is 5.56 Å². The summed E-state index contributed by atoms with van der Waals surface area (Å²) in [6.45, 7) is 1.76. The molecule has 0 fully saturated rings. The second-order valence-corrected chi connectivity index (χ2v) is 6.28. The van der Waals surface area contributed by atoms with E-state index in [1.165, 1.54) is 11.3 Å². The maximum Gasteiger partial charge on any atom is 0.126 e. The number of aryl methyl sites for hydroxylation is 1. The van der Waals surface area contributed by atoms with Gasteiger partial charge >= 0.3 is 0 Å². The normalized spacial score (nSPS) is 10.8. The van der Waals surface area contributed by atoms with Crippen LogP contribution < -0.4 is 0 Å². The van der Waals surface area contributed by atoms with Gasteiger partial charge in [-0.25, -0.2) is 9.37 Å². The van der Waals surface area contributed by atoms with Crippen LogP contribution in [-0.2, 0) is 0 Å². The van der Waals surface area contributed by atoms with Crippen LogP contribution in [0.3, 0.4) is 0 Å². The molecule has 1 nitrogen and oxygen atoms in total. The van der Waals surface area contributed by atoms with Crippen LogP contribution in [0.4, 0.5) is 4.39 Å². The Morgan fingerprint density at radius 2 is 1.75 bits per heavy atom. The van der Waals surface area contributed by atoms with Crippen molar-refractivity contribution in [3.05, 3.63) is 63.7 Å². The van der Waals surface area contributed by atoms with Crippen LogP contribution in [-0.4, -0.2) is 4.98 Å². The predicted molar refractivity (Wildman–Crippen MR) is 85.4 cm³/mol. The van der Waals surface area contributed by atoms with E-state index >= 15 is 0 Å². The molecule has 0 bridgehead atoms. The van der Waals surface area contributed by atoms with Crippen LogP contribution in [0.2, 0.25) is 0 Å². The molecule has 2 aromatic carbocycles. The molecule has 0 saturated carbocycles. The number of benzene rings is 2. The molecule has 0 amide bonds. The standard InChI is InChI=1S/C16H11BrFNS/c1-10-2-3-12(8-14(10)18)16-19-15(9-20-16)11-4-6-13(17)7-5-11/h2-9H,1H3. The first-order valence-electron chi connectivity index (χ1n) is 6.11. The van der Waals surface area contributed by atoms with Gasteiger partial charge in [-0.3, -0.25) is 0 Å². The molecule has 3 aromatic rings. The van der Waals surface area contributed by atoms with Crippen LogP contribution in [0, 0.1) is 12.7 Å². The third-order valence-electron chi connectivity index (χ3n) is 3.06. The predicted octanol–water partition coefficient (Wildman–Crippen LogP) is 5.69. The lowest BCUT2D eigenvalue weighted by molar-refractivity contribution is 0.619. The van der Waals surface area contributed by atoms with Gasteiger partial charge in [0.05, 0.1) is 5.69 Å². The molecule has 0 saturated heterocycles. The van der Waals surface area contributed by atoms with Gasteiger partial charge in [-0.1, -0.05) is 40.2 Å². The second kappa shape index (κ2) is 5.46. The third-order valence-corrected chi connectivity index (χ3v) is 4.48. The molecule has 0 N–H and O–H groups in total. The summed E-state index contributed by atoms with van der Waals surface area (Å²) >= 11 is 4.94. The fraction of sp³-hybridized carbons (Fsp3) is 0.0625. The van der Waals surface area contributed by atoms with Crippen molar-refractivity contribution in [2.24, 2.45) is 0 Å². The fourth-order valence-corrected chi connectivity index (χ4v) is 2.98. The summed E-state index contributed by atoms with van der Waals surface area (Å²) in [7, 11) is 0. The Labute approximate surface area is 129 Å². The summed E-state index contributed by atoms with van der Waals surface area (Å²) in [6.07, 6.45) is 0. The van der Waals surface area contributed by atoms with Crippen LogP contribution >= 0.6 is 27.3 Å². The molecule has 0 aliphatic carbocycles. The van der Waals surface area contributed by atoms with E-state index in [0.717, 1.165) is 26.3 Å². The van der Waals surface area contributed by atoms with E-state index in [1.807, 2.05) is 35.7 Å². The minimum Gasteiger partial charge on any atom is -0.236 e. The number of hydrogen-bond donors (Lipinski definition) is 0. The summed E-state index contributed by atoms with van der Waals surface area (Å²) in [4.78, 5) is 4.59. The van der Waals surface area contributed by atoms with Crippen LogP contribution in [0.25, 0.3) is 21.8 Å². The molecular weight excluding hydrogens is 337 g/mol. The fourth-order valence-electron chi connectivity index (χ4n) is 1.89. The van der Waals surface area contributed by atoms with Gasteiger partial charge in [0.2, 0.25) is 0 Å². The van der Waals surface area contributed by atoms with Gasteiger partial charge in [-0.2, -0.15) is 0 Å². The Balaban J connectivity index is 1.97. The Bertz CT molecular complexity index is 749. The summed E-state index contributed by atoms with van der Waals surface area (Å²) in [5, 5.41) is 2.83. The first-order valence-corrected chi connectivity index (χ1v) is 7.79. The van der Waals surface area contributed by atoms with Gasteiger partial charge in [0.1, 0.15) is 10.8 Å². The molecule has 0 atom stereocenters. The lowest BCUT2D eigenvalue weighted by atomic mass is 10.1. The number of hydrogen-bond acceptors (Lipinski definition) is 2. The molecule has 0 aliphatic rings. The highest BCUT2D eigenvalue weighted by atomic mass is 79.9. The number of halogens is 2. The smallest absolute Gasteiger partial charge is 0.126 e. The van der Waals surface area contributed by atoms with Crippen molar-refractivity contribution in [1.82, 2.24) is 4.98 Å². The van der Waals surface area contributed by atoms with Gasteiger partial charge in [0.25, 0.3) is 0 Å². The lowest BCUT2D eigenvalue weighted by Crippen LogP contribution is -1.84. The summed E-state index contributed by atoms with van der Waals surface area (Å²) < 4.78 is 14.6. The van der Waals surface area contributed by atoms with Gasteiger partial charge in [0, 0.05) is 21.0 Å². The number of thiazole rings is 1. The van der Waals surface area contributed by atoms with Crippen molar-refractivity contribution in [1.29, 1.82) is 0 Å². The van der Waals surface area contributed by atoms with Gasteiger partial charge < -0.3 is 0 Å². The minimum absolute atomic E-state index is 0.192. The highest BCUT2D eigenvalue weighted by Crippen LogP contribution is 2.30. The summed E-state index contributed by atoms with van der Waals surface area (Å²) in [6, 6.07) is 13.2. The number of aromatic nitrogens is 1. The molecule has 1 heterocycles. The number of rotatable bonds is 2. The summed E-state index contributed by atoms with van der Waals surface area (Å²) in [5.41, 5.74) is 3.45. The van der Waals surface area contributed by atoms with Crippen molar-refractivity contribution in [3.8, 4) is 21.8 Å². The molecule has 0 radical (unpaired) electrons. The van der Waals surface area contributed by atoms with Crippen LogP contribution in [0.15, 0.2) is 52.3 Å². The minimum atomic E-state index is -0.192. The average molecular weight is 348 g/mol. The first-order chi connectivity index (χ1) is 9.63. The van der Waals surface area contributed by atoms with E-state index in [-0.39, 0.29) is 5.82 Å². The highest BCUT2D eigenvalue weighted by molar-refractivity contribution is 9.10. The highest BCUT2D eigenvalue weighted by Gasteiger charge is 2.08. The molecule has 4 heteroatoms. The SMILES string of the molecule is Cc1ccc(-c2nc(-c3ccc(Br)cc3)cs2)cc1F. The van der Waals surface area contributed by atoms with Crippen molar-refractivity contribution in [2.45, 2.75) is 6.92 Å². The van der Waals surface area contributed by atoms with Gasteiger partial charge in [-0.15, -0.1) is 11.3 Å². The van der Waals surface area contributed by atoms with Crippen LogP contribution in [0.5, 0.6) is 0 Å². The molecule has 1 aromatic heterocycles. The second-order valence-electron chi connectivity index (χ2n) is 4.51. The molecule has 0 spiro atoms. The van der Waals surface area contributed by atoms with Crippen molar-refractivity contribution >= 4 is 27.3 Å². The van der Waals surface area contributed by atoms with E-state index in [1.54, 1.807) is 19.1 Å². The zero-order valence-corrected chi connectivity index (χ0v) is 13.1. The van der Waals surface area contributed by atoms with Crippen molar-refractivity contribution in [3.63, 3.8) is 0 Å². The monoisotopic (exact) mass is 347 g/mol. The summed E-state index contributed by atoms with van der Waals surface area (Å²) in [5.74, 6) is -0.192. The maximum atomic E-state index is 13.6. The zero-order valence-electron chi connectivity index (χ0n) is 10.7. The average Bonchev–Trinajstić information content (AvgIpc) is 2.92. The Hall–Kier alpha value is -1.52. The largest absolute Gasteiger partial charge is 0.236 e. The molecule has 100 valence electrons. The van der Waals surface area contributed by atoms with E-state index in [9.17, 15) is 4.39 Å². The van der Waals surface area contributed by atoms with Gasteiger partial charge in [0.15, 0.2) is 0 Å². The third kappa shape index (κ3) is 2.67. The van der Waals surface area contributed by atoms with Crippen molar-refractivity contribution in [2.75, 3.05) is 0 Å².